The summed E-state index contributed by atoms with van der Waals surface area (Å²) in [4.78, 5) is 0. The highest BCUT2D eigenvalue weighted by molar-refractivity contribution is 5.44. The molecule has 0 radical (unpaired) electrons. The molecule has 17 heavy (non-hydrogen) atoms. The van der Waals surface area contributed by atoms with E-state index in [1.807, 2.05) is 0 Å². The van der Waals surface area contributed by atoms with E-state index in [0.29, 0.717) is 5.75 Å². The van der Waals surface area contributed by atoms with Crippen LogP contribution in [0.5, 0.6) is 5.75 Å². The second-order valence-corrected chi connectivity index (χ2v) is 4.20. The fourth-order valence-corrected chi connectivity index (χ4v) is 1.91. The van der Waals surface area contributed by atoms with Gasteiger partial charge in [0.1, 0.15) is 5.75 Å². The maximum Gasteiger partial charge on any atom is 0.274 e. The molecule has 0 atom stereocenters. The van der Waals surface area contributed by atoms with Gasteiger partial charge in [-0.05, 0) is 44.2 Å². The number of rotatable bonds is 5. The quantitative estimate of drug-likeness (QED) is 0.858. The zero-order valence-corrected chi connectivity index (χ0v) is 10.7. The molecule has 0 fully saturated rings. The number of alkyl halides is 2. The molecule has 96 valence electrons. The van der Waals surface area contributed by atoms with Gasteiger partial charge < -0.3 is 10.1 Å². The van der Waals surface area contributed by atoms with E-state index in [2.05, 4.69) is 5.32 Å². The Labute approximate surface area is 101 Å². The number of aryl methyl sites for hydroxylation is 2. The SMILES string of the molecule is CNCCC(F)(F)c1cc(C)c(OC)c(C)c1. The molecule has 1 N–H and O–H groups in total. The number of halogens is 2. The van der Waals surface area contributed by atoms with Crippen molar-refractivity contribution in [3.05, 3.63) is 28.8 Å². The summed E-state index contributed by atoms with van der Waals surface area (Å²) in [7, 11) is 3.22. The monoisotopic (exact) mass is 243 g/mol. The first-order chi connectivity index (χ1) is 7.92. The zero-order valence-electron chi connectivity index (χ0n) is 10.7. The summed E-state index contributed by atoms with van der Waals surface area (Å²) in [5.74, 6) is -2.12. The molecule has 0 aliphatic carbocycles. The van der Waals surface area contributed by atoms with Gasteiger partial charge in [-0.15, -0.1) is 0 Å². The van der Waals surface area contributed by atoms with Crippen LogP contribution in [0.2, 0.25) is 0 Å². The van der Waals surface area contributed by atoms with Crippen molar-refractivity contribution >= 4 is 0 Å². The van der Waals surface area contributed by atoms with Crippen LogP contribution in [0.4, 0.5) is 8.78 Å². The molecule has 0 saturated heterocycles. The van der Waals surface area contributed by atoms with Crippen LogP contribution in [-0.2, 0) is 5.92 Å². The largest absolute Gasteiger partial charge is 0.496 e. The molecule has 0 aliphatic rings. The van der Waals surface area contributed by atoms with E-state index in [4.69, 9.17) is 4.74 Å². The number of hydrogen-bond acceptors (Lipinski definition) is 2. The Morgan fingerprint density at radius 2 is 1.76 bits per heavy atom. The van der Waals surface area contributed by atoms with E-state index in [9.17, 15) is 8.78 Å². The van der Waals surface area contributed by atoms with Gasteiger partial charge in [0, 0.05) is 18.5 Å². The molecule has 0 bridgehead atoms. The molecule has 0 spiro atoms. The lowest BCUT2D eigenvalue weighted by atomic mass is 9.99. The van der Waals surface area contributed by atoms with Gasteiger partial charge in [0.2, 0.25) is 0 Å². The van der Waals surface area contributed by atoms with Gasteiger partial charge in [0.05, 0.1) is 7.11 Å². The van der Waals surface area contributed by atoms with Crippen molar-refractivity contribution < 1.29 is 13.5 Å². The maximum atomic E-state index is 13.9. The molecule has 0 saturated carbocycles. The smallest absolute Gasteiger partial charge is 0.274 e. The van der Waals surface area contributed by atoms with E-state index in [1.54, 1.807) is 28.0 Å². The van der Waals surface area contributed by atoms with Crippen molar-refractivity contribution in [2.75, 3.05) is 20.7 Å². The van der Waals surface area contributed by atoms with Gasteiger partial charge >= 0.3 is 0 Å². The predicted molar refractivity (Wildman–Crippen MR) is 64.9 cm³/mol. The van der Waals surface area contributed by atoms with Crippen LogP contribution >= 0.6 is 0 Å². The second-order valence-electron chi connectivity index (χ2n) is 4.20. The Hall–Kier alpha value is -1.16. The molecular weight excluding hydrogens is 224 g/mol. The first-order valence-electron chi connectivity index (χ1n) is 5.60. The van der Waals surface area contributed by atoms with Gasteiger partial charge in [-0.3, -0.25) is 0 Å². The van der Waals surface area contributed by atoms with Crippen LogP contribution in [0.1, 0.15) is 23.1 Å². The number of methoxy groups -OCH3 is 1. The zero-order chi connectivity index (χ0) is 13.1. The molecular formula is C13H19F2NO. The van der Waals surface area contributed by atoms with Gasteiger partial charge in [-0.25, -0.2) is 8.78 Å². The molecule has 0 heterocycles. The van der Waals surface area contributed by atoms with Gasteiger partial charge in [-0.2, -0.15) is 0 Å². The number of ether oxygens (including phenoxy) is 1. The number of benzene rings is 1. The van der Waals surface area contributed by atoms with E-state index in [-0.39, 0.29) is 18.5 Å². The summed E-state index contributed by atoms with van der Waals surface area (Å²) in [6, 6.07) is 3.00. The van der Waals surface area contributed by atoms with E-state index >= 15 is 0 Å². The molecule has 1 rings (SSSR count). The van der Waals surface area contributed by atoms with Crippen LogP contribution in [0, 0.1) is 13.8 Å². The van der Waals surface area contributed by atoms with E-state index in [0.717, 1.165) is 11.1 Å². The minimum atomic E-state index is -2.80. The number of nitrogens with one attached hydrogen (secondary N) is 1. The lowest BCUT2D eigenvalue weighted by Gasteiger charge is -2.19. The molecule has 0 amide bonds. The van der Waals surface area contributed by atoms with Gasteiger partial charge in [0.25, 0.3) is 5.92 Å². The van der Waals surface area contributed by atoms with Gasteiger partial charge in [-0.1, -0.05) is 0 Å². The summed E-state index contributed by atoms with van der Waals surface area (Å²) >= 11 is 0. The first-order valence-corrected chi connectivity index (χ1v) is 5.60. The first kappa shape index (κ1) is 13.9. The van der Waals surface area contributed by atoms with Crippen LogP contribution in [0.15, 0.2) is 12.1 Å². The summed E-state index contributed by atoms with van der Waals surface area (Å²) < 4.78 is 32.9. The van der Waals surface area contributed by atoms with E-state index < -0.39 is 5.92 Å². The van der Waals surface area contributed by atoms with Crippen molar-refractivity contribution in [2.24, 2.45) is 0 Å². The molecule has 4 heteroatoms. The third-order valence-corrected chi connectivity index (χ3v) is 2.78. The third kappa shape index (κ3) is 3.16. The third-order valence-electron chi connectivity index (χ3n) is 2.78. The number of hydrogen-bond donors (Lipinski definition) is 1. The Bertz CT molecular complexity index is 368. The summed E-state index contributed by atoms with van der Waals surface area (Å²) in [5, 5.41) is 2.74. The summed E-state index contributed by atoms with van der Waals surface area (Å²) in [5.41, 5.74) is 1.54. The Morgan fingerprint density at radius 1 is 1.24 bits per heavy atom. The minimum Gasteiger partial charge on any atom is -0.496 e. The lowest BCUT2D eigenvalue weighted by Crippen LogP contribution is -2.21. The fourth-order valence-electron chi connectivity index (χ4n) is 1.91. The molecule has 0 unspecified atom stereocenters. The Kier molecular flexibility index (Phi) is 4.46. The fraction of sp³-hybridized carbons (Fsp3) is 0.538. The van der Waals surface area contributed by atoms with Crippen molar-refractivity contribution in [1.82, 2.24) is 5.32 Å². The van der Waals surface area contributed by atoms with Crippen molar-refractivity contribution in [3.63, 3.8) is 0 Å². The normalized spacial score (nSPS) is 11.6. The lowest BCUT2D eigenvalue weighted by molar-refractivity contribution is -0.0125. The average molecular weight is 243 g/mol. The molecule has 0 aliphatic heterocycles. The highest BCUT2D eigenvalue weighted by atomic mass is 19.3. The molecule has 1 aromatic rings. The Balaban J connectivity index is 3.07. The van der Waals surface area contributed by atoms with Crippen molar-refractivity contribution in [1.29, 1.82) is 0 Å². The standard InChI is InChI=1S/C13H19F2NO/c1-9-7-11(8-10(2)12(9)17-4)13(14,15)5-6-16-3/h7-8,16H,5-6H2,1-4H3. The van der Waals surface area contributed by atoms with Crippen LogP contribution in [-0.4, -0.2) is 20.7 Å². The van der Waals surface area contributed by atoms with Gasteiger partial charge in [0.15, 0.2) is 0 Å². The second kappa shape index (κ2) is 5.45. The minimum absolute atomic E-state index is 0.0588. The average Bonchev–Trinajstić information content (AvgIpc) is 2.26. The maximum absolute atomic E-state index is 13.9. The van der Waals surface area contributed by atoms with Crippen LogP contribution < -0.4 is 10.1 Å². The summed E-state index contributed by atoms with van der Waals surface area (Å²) in [6.45, 7) is 3.85. The van der Waals surface area contributed by atoms with Crippen molar-refractivity contribution in [2.45, 2.75) is 26.2 Å². The van der Waals surface area contributed by atoms with Crippen molar-refractivity contribution in [3.8, 4) is 5.75 Å². The van der Waals surface area contributed by atoms with Crippen LogP contribution in [0.3, 0.4) is 0 Å². The highest BCUT2D eigenvalue weighted by Crippen LogP contribution is 2.35. The highest BCUT2D eigenvalue weighted by Gasteiger charge is 2.31. The molecule has 2 nitrogen and oxygen atoms in total. The predicted octanol–water partition coefficient (Wildman–Crippen LogP) is 3.01. The van der Waals surface area contributed by atoms with E-state index in [1.165, 1.54) is 12.1 Å². The topological polar surface area (TPSA) is 21.3 Å². The summed E-state index contributed by atoms with van der Waals surface area (Å²) in [6.07, 6.45) is -0.200. The molecule has 0 aromatic heterocycles. The molecule has 1 aromatic carbocycles. The van der Waals surface area contributed by atoms with Crippen LogP contribution in [0.25, 0.3) is 0 Å². The Morgan fingerprint density at radius 3 is 2.18 bits per heavy atom.